The fraction of sp³-hybridized carbons (Fsp3) is 0.300. The Labute approximate surface area is 108 Å². The van der Waals surface area contributed by atoms with Crippen molar-refractivity contribution < 1.29 is 22.7 Å². The minimum atomic E-state index is -3.65. The Kier molecular flexibility index (Phi) is 3.20. The predicted molar refractivity (Wildman–Crippen MR) is 63.9 cm³/mol. The third-order valence-corrected chi connectivity index (χ3v) is 4.65. The van der Waals surface area contributed by atoms with Crippen molar-refractivity contribution in [1.29, 1.82) is 0 Å². The number of benzene rings is 1. The molecule has 0 aromatic heterocycles. The number of aromatic carboxylic acids is 1. The van der Waals surface area contributed by atoms with E-state index >= 15 is 0 Å². The molecule has 8 heteroatoms. The van der Waals surface area contributed by atoms with Gasteiger partial charge in [-0.3, -0.25) is 4.72 Å². The lowest BCUT2D eigenvalue weighted by molar-refractivity contribution is 0.0698. The van der Waals surface area contributed by atoms with Crippen LogP contribution in [0, 0.1) is 5.82 Å². The molecule has 0 amide bonds. The van der Waals surface area contributed by atoms with E-state index in [9.17, 15) is 17.6 Å². The van der Waals surface area contributed by atoms with Gasteiger partial charge < -0.3 is 5.11 Å². The smallest absolute Gasteiger partial charge is 0.337 e. The summed E-state index contributed by atoms with van der Waals surface area (Å²) in [6.07, 6.45) is 1.04. The SMILES string of the molecule is O=C(O)c1cc(Cl)c(F)cc1NS(=O)(=O)C1CC1. The van der Waals surface area contributed by atoms with Crippen LogP contribution in [0.25, 0.3) is 0 Å². The lowest BCUT2D eigenvalue weighted by atomic mass is 10.2. The first-order valence-electron chi connectivity index (χ1n) is 5.05. The van der Waals surface area contributed by atoms with E-state index in [0.717, 1.165) is 12.1 Å². The first kappa shape index (κ1) is 13.1. The highest BCUT2D eigenvalue weighted by Crippen LogP contribution is 2.32. The van der Waals surface area contributed by atoms with Gasteiger partial charge in [0.05, 0.1) is 21.5 Å². The van der Waals surface area contributed by atoms with Crippen LogP contribution < -0.4 is 4.72 Å². The molecule has 98 valence electrons. The van der Waals surface area contributed by atoms with Crippen molar-refractivity contribution in [3.63, 3.8) is 0 Å². The maximum atomic E-state index is 13.3. The molecular formula is C10H9ClFNO4S. The number of carboxylic acid groups (broad SMARTS) is 1. The molecule has 1 saturated carbocycles. The average molecular weight is 294 g/mol. The minimum absolute atomic E-state index is 0.309. The minimum Gasteiger partial charge on any atom is -0.478 e. The molecule has 1 aromatic carbocycles. The fourth-order valence-electron chi connectivity index (χ4n) is 1.42. The number of hydrogen-bond acceptors (Lipinski definition) is 3. The summed E-state index contributed by atoms with van der Waals surface area (Å²) in [6, 6.07) is 1.65. The van der Waals surface area contributed by atoms with Crippen LogP contribution in [0.15, 0.2) is 12.1 Å². The second kappa shape index (κ2) is 4.40. The number of anilines is 1. The molecule has 1 aliphatic carbocycles. The van der Waals surface area contributed by atoms with Crippen LogP contribution in [0.2, 0.25) is 5.02 Å². The molecule has 2 rings (SSSR count). The number of nitrogens with one attached hydrogen (secondary N) is 1. The summed E-state index contributed by atoms with van der Waals surface area (Å²) in [5, 5.41) is 8.01. The molecule has 0 spiro atoms. The van der Waals surface area contributed by atoms with Gasteiger partial charge in [-0.25, -0.2) is 17.6 Å². The topological polar surface area (TPSA) is 83.5 Å². The van der Waals surface area contributed by atoms with Gasteiger partial charge in [0.25, 0.3) is 0 Å². The van der Waals surface area contributed by atoms with Crippen molar-refractivity contribution in [1.82, 2.24) is 0 Å². The summed E-state index contributed by atoms with van der Waals surface area (Å²) in [5.74, 6) is -2.26. The summed E-state index contributed by atoms with van der Waals surface area (Å²) in [5.41, 5.74) is -0.693. The normalized spacial score (nSPS) is 15.4. The van der Waals surface area contributed by atoms with Crippen molar-refractivity contribution in [3.05, 3.63) is 28.5 Å². The molecule has 0 radical (unpaired) electrons. The van der Waals surface area contributed by atoms with Gasteiger partial charge in [0, 0.05) is 6.07 Å². The zero-order valence-electron chi connectivity index (χ0n) is 8.98. The first-order valence-corrected chi connectivity index (χ1v) is 6.97. The molecule has 5 nitrogen and oxygen atoms in total. The van der Waals surface area contributed by atoms with Gasteiger partial charge >= 0.3 is 5.97 Å². The van der Waals surface area contributed by atoms with Crippen LogP contribution in [0.4, 0.5) is 10.1 Å². The van der Waals surface area contributed by atoms with Crippen molar-refractivity contribution >= 4 is 33.3 Å². The van der Waals surface area contributed by atoms with Crippen LogP contribution in [-0.2, 0) is 10.0 Å². The monoisotopic (exact) mass is 293 g/mol. The average Bonchev–Trinajstić information content (AvgIpc) is 3.05. The molecule has 0 aliphatic heterocycles. The standard InChI is InChI=1S/C10H9ClFNO4S/c11-7-3-6(10(14)15)9(4-8(7)12)13-18(16,17)5-1-2-5/h3-5,13H,1-2H2,(H,14,15). The zero-order chi connectivity index (χ0) is 13.5. The molecular weight excluding hydrogens is 285 g/mol. The van der Waals surface area contributed by atoms with Crippen LogP contribution in [0.5, 0.6) is 0 Å². The first-order chi connectivity index (χ1) is 8.31. The number of rotatable bonds is 4. The third-order valence-electron chi connectivity index (χ3n) is 2.51. The molecule has 1 fully saturated rings. The largest absolute Gasteiger partial charge is 0.478 e. The summed E-state index contributed by atoms with van der Waals surface area (Å²) < 4.78 is 38.7. The second-order valence-electron chi connectivity index (χ2n) is 3.96. The maximum Gasteiger partial charge on any atom is 0.337 e. The van der Waals surface area contributed by atoms with Crippen LogP contribution in [-0.4, -0.2) is 24.7 Å². The summed E-state index contributed by atoms with van der Waals surface area (Å²) in [6.45, 7) is 0. The van der Waals surface area contributed by atoms with E-state index in [1.165, 1.54) is 0 Å². The van der Waals surface area contributed by atoms with Gasteiger partial charge in [-0.2, -0.15) is 0 Å². The van der Waals surface area contributed by atoms with Gasteiger partial charge in [0.1, 0.15) is 5.82 Å². The van der Waals surface area contributed by atoms with Crippen molar-refractivity contribution in [3.8, 4) is 0 Å². The molecule has 0 saturated heterocycles. The number of carboxylic acids is 1. The third kappa shape index (κ3) is 2.56. The van der Waals surface area contributed by atoms with E-state index in [1.54, 1.807) is 0 Å². The molecule has 0 heterocycles. The van der Waals surface area contributed by atoms with E-state index in [4.69, 9.17) is 16.7 Å². The van der Waals surface area contributed by atoms with E-state index in [1.807, 2.05) is 0 Å². The van der Waals surface area contributed by atoms with Crippen molar-refractivity contribution in [2.45, 2.75) is 18.1 Å². The Balaban J connectivity index is 2.43. The maximum absolute atomic E-state index is 13.3. The van der Waals surface area contributed by atoms with Gasteiger partial charge in [-0.15, -0.1) is 0 Å². The molecule has 2 N–H and O–H groups in total. The Hall–Kier alpha value is -1.34. The molecule has 1 aromatic rings. The Bertz CT molecular complexity index is 613. The van der Waals surface area contributed by atoms with Crippen LogP contribution in [0.1, 0.15) is 23.2 Å². The Morgan fingerprint density at radius 2 is 2.06 bits per heavy atom. The Morgan fingerprint density at radius 3 is 2.56 bits per heavy atom. The van der Waals surface area contributed by atoms with E-state index in [0.29, 0.717) is 12.8 Å². The molecule has 18 heavy (non-hydrogen) atoms. The molecule has 1 aliphatic rings. The van der Waals surface area contributed by atoms with Crippen molar-refractivity contribution in [2.75, 3.05) is 4.72 Å². The number of hydrogen-bond donors (Lipinski definition) is 2. The van der Waals surface area contributed by atoms with Gasteiger partial charge in [0.2, 0.25) is 10.0 Å². The highest BCUT2D eigenvalue weighted by molar-refractivity contribution is 7.93. The molecule has 0 bridgehead atoms. The highest BCUT2D eigenvalue weighted by Gasteiger charge is 2.36. The summed E-state index contributed by atoms with van der Waals surface area (Å²) in [4.78, 5) is 10.9. The highest BCUT2D eigenvalue weighted by atomic mass is 35.5. The second-order valence-corrected chi connectivity index (χ2v) is 6.33. The van der Waals surface area contributed by atoms with Gasteiger partial charge in [0.15, 0.2) is 0 Å². The van der Waals surface area contributed by atoms with Gasteiger partial charge in [-0.05, 0) is 18.9 Å². The summed E-state index contributed by atoms with van der Waals surface area (Å²) in [7, 11) is -3.65. The summed E-state index contributed by atoms with van der Waals surface area (Å²) >= 11 is 5.46. The van der Waals surface area contributed by atoms with E-state index in [2.05, 4.69) is 4.72 Å². The van der Waals surface area contributed by atoms with Crippen LogP contribution in [0.3, 0.4) is 0 Å². The van der Waals surface area contributed by atoms with E-state index in [-0.39, 0.29) is 16.3 Å². The Morgan fingerprint density at radius 1 is 1.44 bits per heavy atom. The van der Waals surface area contributed by atoms with Crippen LogP contribution >= 0.6 is 11.6 Å². The number of halogens is 2. The quantitative estimate of drug-likeness (QED) is 0.890. The molecule has 0 atom stereocenters. The molecule has 0 unspecified atom stereocenters. The lowest BCUT2D eigenvalue weighted by Crippen LogP contribution is -2.19. The van der Waals surface area contributed by atoms with Crippen molar-refractivity contribution in [2.24, 2.45) is 0 Å². The fourth-order valence-corrected chi connectivity index (χ4v) is 2.99. The predicted octanol–water partition coefficient (Wildman–Crippen LogP) is 2.08. The lowest BCUT2D eigenvalue weighted by Gasteiger charge is -2.10. The van der Waals surface area contributed by atoms with E-state index < -0.39 is 27.1 Å². The van der Waals surface area contributed by atoms with Gasteiger partial charge in [-0.1, -0.05) is 11.6 Å². The zero-order valence-corrected chi connectivity index (χ0v) is 10.6. The number of carbonyl (C=O) groups is 1. The number of sulfonamides is 1.